The van der Waals surface area contributed by atoms with Crippen molar-refractivity contribution < 1.29 is 4.79 Å². The van der Waals surface area contributed by atoms with Gasteiger partial charge in [0, 0.05) is 6.04 Å². The fourth-order valence-electron chi connectivity index (χ4n) is 2.93. The van der Waals surface area contributed by atoms with Gasteiger partial charge in [-0.25, -0.2) is 0 Å². The van der Waals surface area contributed by atoms with E-state index >= 15 is 0 Å². The summed E-state index contributed by atoms with van der Waals surface area (Å²) in [5.74, 6) is 0.744. The fraction of sp³-hybridized carbons (Fsp3) is 0.533. The van der Waals surface area contributed by atoms with Crippen molar-refractivity contribution in [3.63, 3.8) is 0 Å². The van der Waals surface area contributed by atoms with Gasteiger partial charge in [0.1, 0.15) is 6.04 Å². The van der Waals surface area contributed by atoms with Gasteiger partial charge in [-0.15, -0.1) is 11.3 Å². The Hall–Kier alpha value is -1.47. The molecule has 0 saturated heterocycles. The van der Waals surface area contributed by atoms with Crippen LogP contribution in [0.5, 0.6) is 0 Å². The molecule has 2 N–H and O–H groups in total. The van der Waals surface area contributed by atoms with E-state index in [9.17, 15) is 4.79 Å². The van der Waals surface area contributed by atoms with Crippen LogP contribution < -0.4 is 5.32 Å². The number of thiophene rings is 1. The third kappa shape index (κ3) is 3.15. The lowest BCUT2D eigenvalue weighted by atomic mass is 9.95. The second-order valence-corrected chi connectivity index (χ2v) is 7.05. The third-order valence-corrected chi connectivity index (χ3v) is 5.32. The fourth-order valence-corrected chi connectivity index (χ4v) is 3.93. The first-order chi connectivity index (χ1) is 10.7. The molecule has 22 heavy (non-hydrogen) atoms. The molecule has 0 radical (unpaired) electrons. The standard InChI is InChI=1S/C15H20N4OS2/c1-10(14(20)16-11-6-3-2-4-7-11)19-13(17-18-15(19)21)12-8-5-9-22-12/h5,8-11H,2-4,6-7H2,1H3,(H,16,20)(H,18,21)/t10-/m1/s1. The molecular formula is C15H20N4OS2. The van der Waals surface area contributed by atoms with Crippen molar-refractivity contribution in [3.8, 4) is 10.7 Å². The SMILES string of the molecule is C[C@H](C(=O)NC1CCCCC1)n1c(-c2cccs2)n[nH]c1=S. The zero-order valence-electron chi connectivity index (χ0n) is 12.5. The number of carbonyl (C=O) groups is 1. The second kappa shape index (κ2) is 6.75. The van der Waals surface area contributed by atoms with Crippen LogP contribution in [-0.4, -0.2) is 26.7 Å². The Labute approximate surface area is 138 Å². The molecule has 2 aromatic heterocycles. The lowest BCUT2D eigenvalue weighted by Gasteiger charge is -2.25. The Bertz CT molecular complexity index is 683. The number of aromatic amines is 1. The van der Waals surface area contributed by atoms with Crippen LogP contribution in [0.4, 0.5) is 0 Å². The van der Waals surface area contributed by atoms with E-state index in [4.69, 9.17) is 12.2 Å². The molecule has 1 aliphatic rings. The molecule has 118 valence electrons. The summed E-state index contributed by atoms with van der Waals surface area (Å²) in [6.07, 6.45) is 5.83. The van der Waals surface area contributed by atoms with Crippen LogP contribution in [-0.2, 0) is 4.79 Å². The van der Waals surface area contributed by atoms with E-state index < -0.39 is 0 Å². The van der Waals surface area contributed by atoms with Gasteiger partial charge in [-0.2, -0.15) is 5.10 Å². The van der Waals surface area contributed by atoms with E-state index in [0.29, 0.717) is 10.8 Å². The van der Waals surface area contributed by atoms with Gasteiger partial charge >= 0.3 is 0 Å². The van der Waals surface area contributed by atoms with Gasteiger partial charge in [-0.05, 0) is 43.4 Å². The van der Waals surface area contributed by atoms with Crippen LogP contribution >= 0.6 is 23.6 Å². The lowest BCUT2D eigenvalue weighted by Crippen LogP contribution is -2.40. The van der Waals surface area contributed by atoms with Crippen LogP contribution in [0.2, 0.25) is 0 Å². The maximum atomic E-state index is 12.6. The van der Waals surface area contributed by atoms with Gasteiger partial charge < -0.3 is 5.32 Å². The van der Waals surface area contributed by atoms with E-state index in [-0.39, 0.29) is 11.9 Å². The largest absolute Gasteiger partial charge is 0.352 e. The molecule has 1 atom stereocenters. The van der Waals surface area contributed by atoms with Gasteiger partial charge in [-0.3, -0.25) is 14.5 Å². The predicted molar refractivity (Wildman–Crippen MR) is 90.5 cm³/mol. The topological polar surface area (TPSA) is 62.7 Å². The Balaban J connectivity index is 1.79. The summed E-state index contributed by atoms with van der Waals surface area (Å²) in [4.78, 5) is 13.6. The molecule has 0 bridgehead atoms. The quantitative estimate of drug-likeness (QED) is 0.837. The number of nitrogens with one attached hydrogen (secondary N) is 2. The summed E-state index contributed by atoms with van der Waals surface area (Å²) in [5.41, 5.74) is 0. The minimum absolute atomic E-state index is 0.0159. The summed E-state index contributed by atoms with van der Waals surface area (Å²) in [6.45, 7) is 1.88. The number of hydrogen-bond donors (Lipinski definition) is 2. The van der Waals surface area contributed by atoms with Crippen molar-refractivity contribution in [2.24, 2.45) is 0 Å². The molecule has 1 aliphatic carbocycles. The Morgan fingerprint density at radius 3 is 2.95 bits per heavy atom. The highest BCUT2D eigenvalue weighted by atomic mass is 32.1. The van der Waals surface area contributed by atoms with Crippen molar-refractivity contribution in [1.29, 1.82) is 0 Å². The van der Waals surface area contributed by atoms with Gasteiger partial charge in [-0.1, -0.05) is 25.3 Å². The smallest absolute Gasteiger partial charge is 0.243 e. The number of aromatic nitrogens is 3. The zero-order chi connectivity index (χ0) is 15.5. The van der Waals surface area contributed by atoms with E-state index in [1.54, 1.807) is 15.9 Å². The first-order valence-corrected chi connectivity index (χ1v) is 8.97. The van der Waals surface area contributed by atoms with Crippen molar-refractivity contribution >= 4 is 29.5 Å². The number of rotatable bonds is 4. The van der Waals surface area contributed by atoms with E-state index in [1.165, 1.54) is 19.3 Å². The summed E-state index contributed by atoms with van der Waals surface area (Å²) >= 11 is 6.90. The zero-order valence-corrected chi connectivity index (χ0v) is 14.2. The van der Waals surface area contributed by atoms with Gasteiger partial charge in [0.15, 0.2) is 10.6 Å². The third-order valence-electron chi connectivity index (χ3n) is 4.16. The summed E-state index contributed by atoms with van der Waals surface area (Å²) in [5, 5.41) is 12.2. The minimum atomic E-state index is -0.370. The number of hydrogen-bond acceptors (Lipinski definition) is 4. The molecule has 2 aromatic rings. The van der Waals surface area contributed by atoms with Crippen molar-refractivity contribution in [3.05, 3.63) is 22.3 Å². The molecule has 7 heteroatoms. The number of amides is 1. The predicted octanol–water partition coefficient (Wildman–Crippen LogP) is 3.68. The van der Waals surface area contributed by atoms with Crippen molar-refractivity contribution in [2.75, 3.05) is 0 Å². The molecule has 5 nitrogen and oxygen atoms in total. The molecule has 2 heterocycles. The molecule has 0 aliphatic heterocycles. The van der Waals surface area contributed by atoms with Crippen LogP contribution in [0.3, 0.4) is 0 Å². The summed E-state index contributed by atoms with van der Waals surface area (Å²) in [7, 11) is 0. The van der Waals surface area contributed by atoms with Gasteiger partial charge in [0.2, 0.25) is 5.91 Å². The van der Waals surface area contributed by atoms with E-state index in [0.717, 1.165) is 23.5 Å². The van der Waals surface area contributed by atoms with E-state index in [2.05, 4.69) is 15.5 Å². The Morgan fingerprint density at radius 2 is 2.27 bits per heavy atom. The molecule has 1 amide bonds. The Kier molecular flexibility index (Phi) is 4.73. The van der Waals surface area contributed by atoms with Crippen LogP contribution in [0.25, 0.3) is 10.7 Å². The number of carbonyl (C=O) groups excluding carboxylic acids is 1. The molecule has 3 rings (SSSR count). The van der Waals surface area contributed by atoms with Crippen molar-refractivity contribution in [2.45, 2.75) is 51.1 Å². The van der Waals surface area contributed by atoms with E-state index in [1.807, 2.05) is 24.4 Å². The summed E-state index contributed by atoms with van der Waals surface area (Å²) < 4.78 is 2.29. The first kappa shape index (κ1) is 15.4. The van der Waals surface area contributed by atoms with Crippen molar-refractivity contribution in [1.82, 2.24) is 20.1 Å². The van der Waals surface area contributed by atoms with Crippen LogP contribution in [0.15, 0.2) is 17.5 Å². The highest BCUT2D eigenvalue weighted by molar-refractivity contribution is 7.71. The number of H-pyrrole nitrogens is 1. The number of nitrogens with zero attached hydrogens (tertiary/aromatic N) is 2. The maximum Gasteiger partial charge on any atom is 0.243 e. The molecule has 0 unspecified atom stereocenters. The van der Waals surface area contributed by atoms with Gasteiger partial charge in [0.05, 0.1) is 4.88 Å². The highest BCUT2D eigenvalue weighted by Crippen LogP contribution is 2.26. The Morgan fingerprint density at radius 1 is 1.50 bits per heavy atom. The first-order valence-electron chi connectivity index (χ1n) is 7.68. The monoisotopic (exact) mass is 336 g/mol. The average Bonchev–Trinajstić information content (AvgIpc) is 3.16. The molecule has 1 fully saturated rings. The average molecular weight is 336 g/mol. The normalized spacial score (nSPS) is 17.3. The molecule has 0 aromatic carbocycles. The molecular weight excluding hydrogens is 316 g/mol. The van der Waals surface area contributed by atoms with Crippen LogP contribution in [0.1, 0.15) is 45.1 Å². The van der Waals surface area contributed by atoms with Crippen LogP contribution in [0, 0.1) is 4.77 Å². The maximum absolute atomic E-state index is 12.6. The molecule has 1 saturated carbocycles. The lowest BCUT2D eigenvalue weighted by molar-refractivity contribution is -0.124. The second-order valence-electron chi connectivity index (χ2n) is 5.72. The minimum Gasteiger partial charge on any atom is -0.352 e. The molecule has 0 spiro atoms. The highest BCUT2D eigenvalue weighted by Gasteiger charge is 2.24. The van der Waals surface area contributed by atoms with Gasteiger partial charge in [0.25, 0.3) is 0 Å². The summed E-state index contributed by atoms with van der Waals surface area (Å²) in [6, 6.07) is 3.88.